The lowest BCUT2D eigenvalue weighted by atomic mass is 10.1. The van der Waals surface area contributed by atoms with Gasteiger partial charge < -0.3 is 0 Å². The molecule has 0 saturated carbocycles. The zero-order valence-corrected chi connectivity index (χ0v) is 13.9. The first-order chi connectivity index (χ1) is 12.1. The van der Waals surface area contributed by atoms with Crippen LogP contribution in [0.4, 0.5) is 17.6 Å². The molecule has 1 aromatic carbocycles. The van der Waals surface area contributed by atoms with Gasteiger partial charge in [0.25, 0.3) is 0 Å². The number of hydrogen-bond donors (Lipinski definition) is 0. The monoisotopic (exact) mass is 386 g/mol. The Morgan fingerprint density at radius 2 is 1.81 bits per heavy atom. The lowest BCUT2D eigenvalue weighted by Crippen LogP contribution is -2.13. The van der Waals surface area contributed by atoms with Crippen LogP contribution in [0.15, 0.2) is 48.0 Å². The standard InChI is InChI=1S/C15H10F4N4O2S/c1-26(24,25)14-20-7-10(15(17,18)19)13(22-14)9-6-21-23(8-9)12-5-3-2-4-11(12)16/h2-8H,1H3. The molecule has 0 radical (unpaired) electrons. The van der Waals surface area contributed by atoms with Gasteiger partial charge in [-0.15, -0.1) is 0 Å². The number of sulfone groups is 1. The van der Waals surface area contributed by atoms with E-state index in [-0.39, 0.29) is 11.3 Å². The smallest absolute Gasteiger partial charge is 0.237 e. The minimum absolute atomic E-state index is 0.0182. The Morgan fingerprint density at radius 1 is 1.12 bits per heavy atom. The molecule has 0 aliphatic carbocycles. The van der Waals surface area contributed by atoms with Gasteiger partial charge in [-0.3, -0.25) is 0 Å². The molecule has 0 unspecified atom stereocenters. The summed E-state index contributed by atoms with van der Waals surface area (Å²) in [5.74, 6) is -0.627. The lowest BCUT2D eigenvalue weighted by Gasteiger charge is -2.11. The summed E-state index contributed by atoms with van der Waals surface area (Å²) >= 11 is 0. The summed E-state index contributed by atoms with van der Waals surface area (Å²) in [5, 5.41) is 3.09. The van der Waals surface area contributed by atoms with E-state index >= 15 is 0 Å². The van der Waals surface area contributed by atoms with Crippen LogP contribution in [-0.4, -0.2) is 34.4 Å². The first-order valence-corrected chi connectivity index (χ1v) is 8.91. The first kappa shape index (κ1) is 18.0. The van der Waals surface area contributed by atoms with Crippen LogP contribution in [0.3, 0.4) is 0 Å². The summed E-state index contributed by atoms with van der Waals surface area (Å²) in [5.41, 5.74) is -1.99. The normalized spacial score (nSPS) is 12.3. The maximum Gasteiger partial charge on any atom is 0.419 e. The molecule has 3 rings (SSSR count). The van der Waals surface area contributed by atoms with E-state index in [0.29, 0.717) is 6.20 Å². The number of benzene rings is 1. The van der Waals surface area contributed by atoms with Crippen LogP contribution >= 0.6 is 0 Å². The van der Waals surface area contributed by atoms with Gasteiger partial charge in [0.2, 0.25) is 15.0 Å². The molecule has 0 amide bonds. The van der Waals surface area contributed by atoms with Crippen molar-refractivity contribution in [2.75, 3.05) is 6.26 Å². The number of hydrogen-bond acceptors (Lipinski definition) is 5. The number of nitrogens with zero attached hydrogens (tertiary/aromatic N) is 4. The average molecular weight is 386 g/mol. The van der Waals surface area contributed by atoms with E-state index in [9.17, 15) is 26.0 Å². The summed E-state index contributed by atoms with van der Waals surface area (Å²) in [6, 6.07) is 5.55. The van der Waals surface area contributed by atoms with Crippen molar-refractivity contribution in [3.8, 4) is 16.9 Å². The first-order valence-electron chi connectivity index (χ1n) is 7.01. The molecule has 0 bridgehead atoms. The lowest BCUT2D eigenvalue weighted by molar-refractivity contribution is -0.137. The molecule has 11 heteroatoms. The summed E-state index contributed by atoms with van der Waals surface area (Å²) in [4.78, 5) is 6.82. The Labute approximate surface area is 145 Å². The van der Waals surface area contributed by atoms with E-state index in [2.05, 4.69) is 15.1 Å². The van der Waals surface area contributed by atoms with Gasteiger partial charge >= 0.3 is 6.18 Å². The van der Waals surface area contributed by atoms with Gasteiger partial charge in [-0.05, 0) is 12.1 Å². The van der Waals surface area contributed by atoms with Crippen molar-refractivity contribution in [1.82, 2.24) is 19.7 Å². The van der Waals surface area contributed by atoms with E-state index in [1.807, 2.05) is 0 Å². The van der Waals surface area contributed by atoms with Crippen molar-refractivity contribution in [3.05, 3.63) is 54.2 Å². The van der Waals surface area contributed by atoms with Gasteiger partial charge in [0.05, 0.1) is 11.9 Å². The van der Waals surface area contributed by atoms with Crippen LogP contribution in [0, 0.1) is 5.82 Å². The zero-order chi connectivity index (χ0) is 19.1. The highest BCUT2D eigenvalue weighted by molar-refractivity contribution is 7.90. The molecule has 0 atom stereocenters. The third-order valence-electron chi connectivity index (χ3n) is 3.36. The fourth-order valence-corrected chi connectivity index (χ4v) is 2.69. The number of para-hydroxylation sites is 1. The van der Waals surface area contributed by atoms with E-state index in [0.717, 1.165) is 23.3 Å². The average Bonchev–Trinajstić information content (AvgIpc) is 3.02. The summed E-state index contributed by atoms with van der Waals surface area (Å²) < 4.78 is 77.7. The molecule has 2 heterocycles. The number of halogens is 4. The highest BCUT2D eigenvalue weighted by atomic mass is 32.2. The van der Waals surface area contributed by atoms with E-state index in [1.165, 1.54) is 24.3 Å². The second kappa shape index (κ2) is 6.16. The zero-order valence-electron chi connectivity index (χ0n) is 13.1. The van der Waals surface area contributed by atoms with Crippen LogP contribution in [0.2, 0.25) is 0 Å². The third kappa shape index (κ3) is 3.43. The SMILES string of the molecule is CS(=O)(=O)c1ncc(C(F)(F)F)c(-c2cnn(-c3ccccc3F)c2)n1. The Kier molecular flexibility index (Phi) is 4.26. The summed E-state index contributed by atoms with van der Waals surface area (Å²) in [6.07, 6.45) is -1.47. The predicted molar refractivity (Wildman–Crippen MR) is 82.7 cm³/mol. The molecule has 0 N–H and O–H groups in total. The van der Waals surface area contributed by atoms with Gasteiger partial charge in [0.15, 0.2) is 0 Å². The fraction of sp³-hybridized carbons (Fsp3) is 0.133. The number of rotatable bonds is 3. The molecule has 0 saturated heterocycles. The number of alkyl halides is 3. The van der Waals surface area contributed by atoms with Crippen molar-refractivity contribution in [3.63, 3.8) is 0 Å². The molecule has 3 aromatic rings. The van der Waals surface area contributed by atoms with Gasteiger partial charge in [-0.25, -0.2) is 27.5 Å². The molecule has 2 aromatic heterocycles. The Bertz CT molecular complexity index is 1080. The van der Waals surface area contributed by atoms with E-state index in [4.69, 9.17) is 0 Å². The van der Waals surface area contributed by atoms with Crippen LogP contribution in [-0.2, 0) is 16.0 Å². The second-order valence-corrected chi connectivity index (χ2v) is 7.22. The molecule has 6 nitrogen and oxygen atoms in total. The minimum Gasteiger partial charge on any atom is -0.237 e. The van der Waals surface area contributed by atoms with E-state index < -0.39 is 38.2 Å². The topological polar surface area (TPSA) is 77.7 Å². The maximum absolute atomic E-state index is 13.8. The quantitative estimate of drug-likeness (QED) is 0.511. The van der Waals surface area contributed by atoms with Crippen molar-refractivity contribution in [2.45, 2.75) is 11.3 Å². The maximum atomic E-state index is 13.8. The van der Waals surface area contributed by atoms with Crippen LogP contribution in [0.25, 0.3) is 16.9 Å². The molecule has 26 heavy (non-hydrogen) atoms. The fourth-order valence-electron chi connectivity index (χ4n) is 2.19. The molecule has 0 aliphatic rings. The van der Waals surface area contributed by atoms with Crippen LogP contribution < -0.4 is 0 Å². The highest BCUT2D eigenvalue weighted by Gasteiger charge is 2.36. The second-order valence-electron chi connectivity index (χ2n) is 5.31. The predicted octanol–water partition coefficient (Wildman–Crippen LogP) is 2.89. The molecule has 0 spiro atoms. The highest BCUT2D eigenvalue weighted by Crippen LogP contribution is 2.36. The van der Waals surface area contributed by atoms with Crippen molar-refractivity contribution >= 4 is 9.84 Å². The molecular formula is C15H10F4N4O2S. The molecule has 136 valence electrons. The minimum atomic E-state index is -4.81. The van der Waals surface area contributed by atoms with Gasteiger partial charge in [-0.1, -0.05) is 12.1 Å². The number of aromatic nitrogens is 4. The summed E-state index contributed by atoms with van der Waals surface area (Å²) in [7, 11) is -3.92. The molecular weight excluding hydrogens is 376 g/mol. The van der Waals surface area contributed by atoms with Gasteiger partial charge in [-0.2, -0.15) is 18.3 Å². The molecule has 0 fully saturated rings. The van der Waals surface area contributed by atoms with Crippen LogP contribution in [0.5, 0.6) is 0 Å². The van der Waals surface area contributed by atoms with Crippen molar-refractivity contribution in [1.29, 1.82) is 0 Å². The molecule has 0 aliphatic heterocycles. The summed E-state index contributed by atoms with van der Waals surface area (Å²) in [6.45, 7) is 0. The Balaban J connectivity index is 2.19. The van der Waals surface area contributed by atoms with Crippen molar-refractivity contribution in [2.24, 2.45) is 0 Å². The third-order valence-corrected chi connectivity index (χ3v) is 4.22. The van der Waals surface area contributed by atoms with E-state index in [1.54, 1.807) is 0 Å². The van der Waals surface area contributed by atoms with Crippen LogP contribution in [0.1, 0.15) is 5.56 Å². The van der Waals surface area contributed by atoms with Crippen molar-refractivity contribution < 1.29 is 26.0 Å². The Morgan fingerprint density at radius 3 is 2.42 bits per heavy atom. The Hall–Kier alpha value is -2.82. The largest absolute Gasteiger partial charge is 0.419 e. The van der Waals surface area contributed by atoms with Gasteiger partial charge in [0, 0.05) is 24.2 Å². The van der Waals surface area contributed by atoms with Gasteiger partial charge in [0.1, 0.15) is 17.1 Å².